The molecule has 9 heteroatoms. The number of benzene rings is 2. The van der Waals surface area contributed by atoms with Gasteiger partial charge >= 0.3 is 0 Å². The van der Waals surface area contributed by atoms with Crippen molar-refractivity contribution in [2.45, 2.75) is 6.61 Å². The van der Waals surface area contributed by atoms with E-state index < -0.39 is 11.8 Å². The Morgan fingerprint density at radius 3 is 2.07 bits per heavy atom. The van der Waals surface area contributed by atoms with Gasteiger partial charge in [0.25, 0.3) is 11.8 Å². The molecule has 2 aromatic carbocycles. The Balaban J connectivity index is 1.86. The Labute approximate surface area is 204 Å². The molecule has 3 rings (SSSR count). The monoisotopic (exact) mass is 648 g/mol. The summed E-state index contributed by atoms with van der Waals surface area (Å²) in [5.74, 6) is -0.212. The van der Waals surface area contributed by atoms with E-state index >= 15 is 0 Å². The summed E-state index contributed by atoms with van der Waals surface area (Å²) in [6, 6.07) is 11.7. The molecule has 0 radical (unpaired) electrons. The van der Waals surface area contributed by atoms with E-state index in [0.717, 1.165) is 9.13 Å². The van der Waals surface area contributed by atoms with Crippen LogP contribution < -0.4 is 4.74 Å². The maximum absolute atomic E-state index is 12.5. The van der Waals surface area contributed by atoms with Crippen LogP contribution in [0.2, 0.25) is 0 Å². The molecule has 1 saturated heterocycles. The zero-order valence-electron chi connectivity index (χ0n) is 15.4. The standard InChI is InChI=1S/C20H15Br2IN2O3S/c1-24-18(26)14(19(27)25(2)20(24)29)7-12-8-15(21)17(16(22)9-12)28-10-11-3-5-13(23)6-4-11/h3-9H,10H2,1-2H3. The van der Waals surface area contributed by atoms with Crippen LogP contribution in [0.1, 0.15) is 11.1 Å². The minimum atomic E-state index is -0.426. The third kappa shape index (κ3) is 4.89. The van der Waals surface area contributed by atoms with Crippen LogP contribution in [0, 0.1) is 3.57 Å². The number of hydrogen-bond donors (Lipinski definition) is 0. The minimum Gasteiger partial charge on any atom is -0.487 e. The van der Waals surface area contributed by atoms with E-state index in [9.17, 15) is 9.59 Å². The summed E-state index contributed by atoms with van der Waals surface area (Å²) < 4.78 is 8.52. The number of amides is 2. The van der Waals surface area contributed by atoms with Gasteiger partial charge in [-0.2, -0.15) is 0 Å². The molecule has 0 unspecified atom stereocenters. The number of halogens is 3. The van der Waals surface area contributed by atoms with Crippen LogP contribution in [0.15, 0.2) is 50.9 Å². The van der Waals surface area contributed by atoms with Crippen LogP contribution in [0.25, 0.3) is 6.08 Å². The first-order chi connectivity index (χ1) is 13.7. The van der Waals surface area contributed by atoms with E-state index in [4.69, 9.17) is 17.0 Å². The summed E-state index contributed by atoms with van der Waals surface area (Å²) in [6.45, 7) is 0.415. The number of ether oxygens (including phenoxy) is 1. The first-order valence-electron chi connectivity index (χ1n) is 8.37. The van der Waals surface area contributed by atoms with Crippen LogP contribution >= 0.6 is 66.7 Å². The van der Waals surface area contributed by atoms with Crippen molar-refractivity contribution in [3.8, 4) is 5.75 Å². The van der Waals surface area contributed by atoms with Gasteiger partial charge in [-0.1, -0.05) is 12.1 Å². The molecule has 0 aromatic heterocycles. The van der Waals surface area contributed by atoms with Crippen LogP contribution in [0.4, 0.5) is 0 Å². The predicted octanol–water partition coefficient (Wildman–Crippen LogP) is 4.99. The van der Waals surface area contributed by atoms with Gasteiger partial charge in [-0.25, -0.2) is 0 Å². The second kappa shape index (κ2) is 9.23. The number of carbonyl (C=O) groups is 2. The molecule has 1 aliphatic heterocycles. The first-order valence-corrected chi connectivity index (χ1v) is 11.4. The number of hydrogen-bond acceptors (Lipinski definition) is 4. The van der Waals surface area contributed by atoms with Gasteiger partial charge in [0, 0.05) is 17.7 Å². The second-order valence-electron chi connectivity index (χ2n) is 6.30. The van der Waals surface area contributed by atoms with Gasteiger partial charge in [0.15, 0.2) is 5.11 Å². The number of likely N-dealkylation sites (N-methyl/N-ethyl adjacent to an activating group) is 2. The quantitative estimate of drug-likeness (QED) is 0.203. The minimum absolute atomic E-state index is 0.0509. The van der Waals surface area contributed by atoms with E-state index in [1.165, 1.54) is 9.80 Å². The number of thiocarbonyl (C=S) groups is 1. The smallest absolute Gasteiger partial charge is 0.265 e. The van der Waals surface area contributed by atoms with Crippen LogP contribution in [0.5, 0.6) is 5.75 Å². The van der Waals surface area contributed by atoms with Crippen molar-refractivity contribution in [1.29, 1.82) is 0 Å². The largest absolute Gasteiger partial charge is 0.487 e. The molecule has 150 valence electrons. The molecule has 2 aromatic rings. The fourth-order valence-electron chi connectivity index (χ4n) is 2.68. The van der Waals surface area contributed by atoms with Gasteiger partial charge in [-0.05, 0) is 108 Å². The Morgan fingerprint density at radius 2 is 1.55 bits per heavy atom. The van der Waals surface area contributed by atoms with Gasteiger partial charge in [0.05, 0.1) is 8.95 Å². The van der Waals surface area contributed by atoms with Crippen LogP contribution in [-0.4, -0.2) is 40.8 Å². The lowest BCUT2D eigenvalue weighted by Crippen LogP contribution is -2.52. The van der Waals surface area contributed by atoms with Crippen molar-refractivity contribution in [2.24, 2.45) is 0 Å². The lowest BCUT2D eigenvalue weighted by molar-refractivity contribution is -0.132. The maximum Gasteiger partial charge on any atom is 0.265 e. The summed E-state index contributed by atoms with van der Waals surface area (Å²) in [5.41, 5.74) is 1.78. The first kappa shape index (κ1) is 22.4. The Morgan fingerprint density at radius 1 is 1.03 bits per heavy atom. The third-order valence-electron chi connectivity index (χ3n) is 4.27. The third-order valence-corrected chi connectivity index (χ3v) is 6.72. The maximum atomic E-state index is 12.5. The zero-order chi connectivity index (χ0) is 21.3. The number of rotatable bonds is 4. The van der Waals surface area contributed by atoms with Crippen molar-refractivity contribution in [3.05, 3.63) is 65.6 Å². The summed E-state index contributed by atoms with van der Waals surface area (Å²) in [7, 11) is 3.10. The molecule has 0 aliphatic carbocycles. The summed E-state index contributed by atoms with van der Waals surface area (Å²) >= 11 is 14.4. The van der Waals surface area contributed by atoms with Crippen molar-refractivity contribution in [3.63, 3.8) is 0 Å². The van der Waals surface area contributed by atoms with Crippen molar-refractivity contribution in [1.82, 2.24) is 9.80 Å². The highest BCUT2D eigenvalue weighted by molar-refractivity contribution is 14.1. The molecule has 1 heterocycles. The normalized spacial score (nSPS) is 14.5. The average molecular weight is 650 g/mol. The molecule has 0 atom stereocenters. The molecule has 1 fully saturated rings. The number of carbonyl (C=O) groups excluding carboxylic acids is 2. The molecule has 0 saturated carbocycles. The topological polar surface area (TPSA) is 49.9 Å². The summed E-state index contributed by atoms with van der Waals surface area (Å²) in [6.07, 6.45) is 1.55. The number of nitrogens with zero attached hydrogens (tertiary/aromatic N) is 2. The van der Waals surface area contributed by atoms with Crippen LogP contribution in [-0.2, 0) is 16.2 Å². The highest BCUT2D eigenvalue weighted by Gasteiger charge is 2.35. The van der Waals surface area contributed by atoms with Crippen molar-refractivity contribution >= 4 is 89.7 Å². The van der Waals surface area contributed by atoms with Gasteiger partial charge in [0.2, 0.25) is 0 Å². The van der Waals surface area contributed by atoms with Crippen molar-refractivity contribution < 1.29 is 14.3 Å². The fraction of sp³-hybridized carbons (Fsp3) is 0.150. The van der Waals surface area contributed by atoms with E-state index in [2.05, 4.69) is 54.5 Å². The van der Waals surface area contributed by atoms with E-state index in [-0.39, 0.29) is 10.7 Å². The molecule has 0 bridgehead atoms. The predicted molar refractivity (Wildman–Crippen MR) is 131 cm³/mol. The molecule has 29 heavy (non-hydrogen) atoms. The molecule has 1 aliphatic rings. The molecular formula is C20H15Br2IN2O3S. The van der Waals surface area contributed by atoms with Gasteiger partial charge in [-0.3, -0.25) is 19.4 Å². The zero-order valence-corrected chi connectivity index (χ0v) is 21.6. The highest BCUT2D eigenvalue weighted by atomic mass is 127. The summed E-state index contributed by atoms with van der Waals surface area (Å²) in [4.78, 5) is 27.5. The molecule has 2 amide bonds. The van der Waals surface area contributed by atoms with Crippen LogP contribution in [0.3, 0.4) is 0 Å². The van der Waals surface area contributed by atoms with Gasteiger partial charge < -0.3 is 4.74 Å². The van der Waals surface area contributed by atoms with E-state index in [1.807, 2.05) is 24.3 Å². The van der Waals surface area contributed by atoms with Gasteiger partial charge in [0.1, 0.15) is 17.9 Å². The SMILES string of the molecule is CN1C(=O)C(=Cc2cc(Br)c(OCc3ccc(I)cc3)c(Br)c2)C(=O)N(C)C1=S. The molecule has 5 nitrogen and oxygen atoms in total. The second-order valence-corrected chi connectivity index (χ2v) is 9.62. The molecule has 0 spiro atoms. The lowest BCUT2D eigenvalue weighted by Gasteiger charge is -2.31. The lowest BCUT2D eigenvalue weighted by atomic mass is 10.1. The summed E-state index contributed by atoms with van der Waals surface area (Å²) in [5, 5.41) is 0.179. The fourth-order valence-corrected chi connectivity index (χ4v) is 4.65. The van der Waals surface area contributed by atoms with E-state index in [0.29, 0.717) is 26.9 Å². The average Bonchev–Trinajstić information content (AvgIpc) is 2.69. The highest BCUT2D eigenvalue weighted by Crippen LogP contribution is 2.36. The molecular weight excluding hydrogens is 635 g/mol. The Hall–Kier alpha value is -1.30. The Kier molecular flexibility index (Phi) is 7.13. The molecule has 0 N–H and O–H groups in total. The van der Waals surface area contributed by atoms with Gasteiger partial charge in [-0.15, -0.1) is 0 Å². The Bertz CT molecular complexity index is 992. The van der Waals surface area contributed by atoms with E-state index in [1.54, 1.807) is 32.3 Å². The van der Waals surface area contributed by atoms with Crippen molar-refractivity contribution in [2.75, 3.05) is 14.1 Å².